The highest BCUT2D eigenvalue weighted by Gasteiger charge is 2.42. The lowest BCUT2D eigenvalue weighted by atomic mass is 9.79. The van der Waals surface area contributed by atoms with Gasteiger partial charge < -0.3 is 34.3 Å². The van der Waals surface area contributed by atoms with E-state index in [1.54, 1.807) is 14.2 Å². The van der Waals surface area contributed by atoms with Gasteiger partial charge in [0.25, 0.3) is 0 Å². The molecular weight excluding hydrogens is 468 g/mol. The summed E-state index contributed by atoms with van der Waals surface area (Å²) in [6.07, 6.45) is 1.80. The van der Waals surface area contributed by atoms with Crippen LogP contribution >= 0.6 is 11.6 Å². The van der Waals surface area contributed by atoms with E-state index in [4.69, 9.17) is 30.5 Å². The number of hydrogen-bond acceptors (Lipinski definition) is 7. The lowest BCUT2D eigenvalue weighted by Gasteiger charge is -2.41. The Morgan fingerprint density at radius 2 is 2.03 bits per heavy atom. The number of piperidine rings is 1. The first-order chi connectivity index (χ1) is 17.0. The molecule has 7 nitrogen and oxygen atoms in total. The Balaban J connectivity index is 1.51. The fourth-order valence-corrected chi connectivity index (χ4v) is 5.18. The number of benzene rings is 2. The van der Waals surface area contributed by atoms with Gasteiger partial charge in [-0.2, -0.15) is 0 Å². The SMILES string of the molecule is COCCCN1CCOc2ccc(CO[C@H]3CNCC[C@]3(O)c3ccc(Cl)cc3CCOC)cc21. The van der Waals surface area contributed by atoms with E-state index < -0.39 is 11.7 Å². The molecule has 2 aliphatic rings. The predicted molar refractivity (Wildman–Crippen MR) is 138 cm³/mol. The Morgan fingerprint density at radius 1 is 1.17 bits per heavy atom. The number of aliphatic hydroxyl groups is 1. The molecule has 0 aromatic heterocycles. The molecule has 0 radical (unpaired) electrons. The van der Waals surface area contributed by atoms with Crippen LogP contribution < -0.4 is 15.0 Å². The number of fused-ring (bicyclic) bond motifs is 1. The van der Waals surface area contributed by atoms with E-state index in [-0.39, 0.29) is 0 Å². The minimum Gasteiger partial charge on any atom is -0.490 e. The molecule has 8 heteroatoms. The van der Waals surface area contributed by atoms with Gasteiger partial charge in [-0.05, 0) is 66.8 Å². The number of anilines is 1. The van der Waals surface area contributed by atoms with Gasteiger partial charge >= 0.3 is 0 Å². The van der Waals surface area contributed by atoms with Crippen LogP contribution in [0.1, 0.15) is 29.5 Å². The highest BCUT2D eigenvalue weighted by Crippen LogP contribution is 2.37. The quantitative estimate of drug-likeness (QED) is 0.453. The molecule has 2 N–H and O–H groups in total. The first-order valence-corrected chi connectivity index (χ1v) is 12.7. The average molecular weight is 505 g/mol. The molecule has 0 bridgehead atoms. The van der Waals surface area contributed by atoms with Crippen LogP contribution in [0.25, 0.3) is 0 Å². The third-order valence-corrected chi connectivity index (χ3v) is 7.10. The highest BCUT2D eigenvalue weighted by atomic mass is 35.5. The van der Waals surface area contributed by atoms with Crippen molar-refractivity contribution >= 4 is 17.3 Å². The first-order valence-electron chi connectivity index (χ1n) is 12.4. The summed E-state index contributed by atoms with van der Waals surface area (Å²) in [4.78, 5) is 2.34. The molecule has 35 heavy (non-hydrogen) atoms. The summed E-state index contributed by atoms with van der Waals surface area (Å²) >= 11 is 6.28. The molecule has 192 valence electrons. The summed E-state index contributed by atoms with van der Waals surface area (Å²) in [6, 6.07) is 11.9. The van der Waals surface area contributed by atoms with Gasteiger partial charge in [-0.3, -0.25) is 0 Å². The predicted octanol–water partition coefficient (Wildman–Crippen LogP) is 3.53. The summed E-state index contributed by atoms with van der Waals surface area (Å²) in [6.45, 7) is 5.44. The second kappa shape index (κ2) is 12.4. The van der Waals surface area contributed by atoms with Gasteiger partial charge in [0.2, 0.25) is 0 Å². The smallest absolute Gasteiger partial charge is 0.142 e. The van der Waals surface area contributed by atoms with Crippen molar-refractivity contribution in [3.63, 3.8) is 0 Å². The van der Waals surface area contributed by atoms with E-state index in [0.29, 0.717) is 44.2 Å². The van der Waals surface area contributed by atoms with E-state index >= 15 is 0 Å². The van der Waals surface area contributed by atoms with Crippen LogP contribution in [0.5, 0.6) is 5.75 Å². The molecule has 1 fully saturated rings. The summed E-state index contributed by atoms with van der Waals surface area (Å²) < 4.78 is 22.8. The van der Waals surface area contributed by atoms with Gasteiger partial charge in [-0.1, -0.05) is 23.7 Å². The molecule has 0 saturated carbocycles. The zero-order valence-electron chi connectivity index (χ0n) is 20.7. The maximum atomic E-state index is 11.9. The third-order valence-electron chi connectivity index (χ3n) is 6.87. The molecule has 0 aliphatic carbocycles. The lowest BCUT2D eigenvalue weighted by molar-refractivity contribution is -0.135. The van der Waals surface area contributed by atoms with Crippen LogP contribution in [0.15, 0.2) is 36.4 Å². The van der Waals surface area contributed by atoms with Gasteiger partial charge in [0.05, 0.1) is 25.4 Å². The topological polar surface area (TPSA) is 72.4 Å². The number of halogens is 1. The molecule has 4 rings (SSSR count). The van der Waals surface area contributed by atoms with Crippen LogP contribution in [0, 0.1) is 0 Å². The summed E-state index contributed by atoms with van der Waals surface area (Å²) in [5.74, 6) is 0.900. The number of ether oxygens (including phenoxy) is 4. The standard InChI is InChI=1S/C27H37ClN2O5/c1-32-13-3-11-30-12-15-34-25-7-4-20(16-24(25)30)19-35-26-18-29-10-9-27(26,31)23-6-5-22(28)17-21(23)8-14-33-2/h4-7,16-17,26,29,31H,3,8-15,18-19H2,1-2H3/t26-,27-/m0/s1. The Bertz CT molecular complexity index is 975. The van der Waals surface area contributed by atoms with E-state index in [2.05, 4.69) is 16.3 Å². The summed E-state index contributed by atoms with van der Waals surface area (Å²) in [7, 11) is 3.41. The molecule has 2 aromatic carbocycles. The van der Waals surface area contributed by atoms with Crippen molar-refractivity contribution in [3.8, 4) is 5.75 Å². The molecule has 0 amide bonds. The van der Waals surface area contributed by atoms with Crippen LogP contribution in [-0.4, -0.2) is 71.4 Å². The van der Waals surface area contributed by atoms with Crippen LogP contribution in [0.3, 0.4) is 0 Å². The largest absolute Gasteiger partial charge is 0.490 e. The van der Waals surface area contributed by atoms with Crippen LogP contribution in [0.2, 0.25) is 5.02 Å². The Morgan fingerprint density at radius 3 is 2.86 bits per heavy atom. The highest BCUT2D eigenvalue weighted by molar-refractivity contribution is 6.30. The minimum atomic E-state index is -1.11. The Labute approximate surface area is 213 Å². The van der Waals surface area contributed by atoms with E-state index in [1.807, 2.05) is 30.3 Å². The number of nitrogens with zero attached hydrogens (tertiary/aromatic N) is 1. The fourth-order valence-electron chi connectivity index (χ4n) is 4.99. The number of nitrogens with one attached hydrogen (secondary N) is 1. The zero-order chi connectivity index (χ0) is 24.7. The second-order valence-corrected chi connectivity index (χ2v) is 9.64. The van der Waals surface area contributed by atoms with E-state index in [9.17, 15) is 5.11 Å². The monoisotopic (exact) mass is 504 g/mol. The van der Waals surface area contributed by atoms with Crippen LogP contribution in [-0.2, 0) is 32.8 Å². The molecule has 2 atom stereocenters. The average Bonchev–Trinajstić information content (AvgIpc) is 2.87. The van der Waals surface area contributed by atoms with Crippen molar-refractivity contribution < 1.29 is 24.1 Å². The van der Waals surface area contributed by atoms with Gasteiger partial charge in [0.15, 0.2) is 0 Å². The van der Waals surface area contributed by atoms with Gasteiger partial charge in [-0.25, -0.2) is 0 Å². The number of methoxy groups -OCH3 is 2. The molecule has 2 aromatic rings. The van der Waals surface area contributed by atoms with Crippen molar-refractivity contribution in [2.24, 2.45) is 0 Å². The van der Waals surface area contributed by atoms with Crippen molar-refractivity contribution in [1.29, 1.82) is 0 Å². The van der Waals surface area contributed by atoms with Crippen molar-refractivity contribution in [2.75, 3.05) is 65.1 Å². The second-order valence-electron chi connectivity index (χ2n) is 9.21. The number of rotatable bonds is 11. The lowest BCUT2D eigenvalue weighted by Crippen LogP contribution is -2.53. The Hall–Kier alpha value is -1.87. The molecular formula is C27H37ClN2O5. The van der Waals surface area contributed by atoms with E-state index in [1.165, 1.54) is 0 Å². The maximum Gasteiger partial charge on any atom is 0.142 e. The molecule has 0 spiro atoms. The maximum absolute atomic E-state index is 11.9. The third kappa shape index (κ3) is 6.28. The van der Waals surface area contributed by atoms with Crippen LogP contribution in [0.4, 0.5) is 5.69 Å². The minimum absolute atomic E-state index is 0.398. The molecule has 2 heterocycles. The first kappa shape index (κ1) is 26.2. The van der Waals surface area contributed by atoms with Gasteiger partial charge in [0, 0.05) is 38.9 Å². The van der Waals surface area contributed by atoms with E-state index in [0.717, 1.165) is 60.8 Å². The number of hydrogen-bond donors (Lipinski definition) is 2. The summed E-state index contributed by atoms with van der Waals surface area (Å²) in [5.41, 5.74) is 2.89. The molecule has 0 unspecified atom stereocenters. The van der Waals surface area contributed by atoms with Crippen molar-refractivity contribution in [3.05, 3.63) is 58.1 Å². The van der Waals surface area contributed by atoms with Crippen molar-refractivity contribution in [2.45, 2.75) is 37.6 Å². The van der Waals surface area contributed by atoms with Gasteiger partial charge in [0.1, 0.15) is 24.1 Å². The molecule has 1 saturated heterocycles. The normalized spacial score (nSPS) is 22.1. The van der Waals surface area contributed by atoms with Crippen molar-refractivity contribution in [1.82, 2.24) is 5.32 Å². The van der Waals surface area contributed by atoms with Gasteiger partial charge in [-0.15, -0.1) is 0 Å². The summed E-state index contributed by atoms with van der Waals surface area (Å²) in [5, 5.41) is 16.0. The fraction of sp³-hybridized carbons (Fsp3) is 0.556. The zero-order valence-corrected chi connectivity index (χ0v) is 21.5. The Kier molecular flexibility index (Phi) is 9.27. The molecule has 2 aliphatic heterocycles.